The minimum atomic E-state index is -1.21. The van der Waals surface area contributed by atoms with Crippen molar-refractivity contribution in [2.75, 3.05) is 5.32 Å². The van der Waals surface area contributed by atoms with E-state index in [1.807, 2.05) is 13.0 Å². The molecular formula is C14H13NO4S. The number of aromatic carboxylic acids is 1. The van der Waals surface area contributed by atoms with Crippen LogP contribution in [0.3, 0.4) is 0 Å². The summed E-state index contributed by atoms with van der Waals surface area (Å²) >= 11 is 1.37. The van der Waals surface area contributed by atoms with Crippen molar-refractivity contribution in [1.29, 1.82) is 0 Å². The van der Waals surface area contributed by atoms with Gasteiger partial charge in [0, 0.05) is 4.88 Å². The van der Waals surface area contributed by atoms with Crippen molar-refractivity contribution in [3.05, 3.63) is 45.6 Å². The molecule has 20 heavy (non-hydrogen) atoms. The molecule has 0 aliphatic carbocycles. The van der Waals surface area contributed by atoms with Gasteiger partial charge in [-0.15, -0.1) is 11.3 Å². The summed E-state index contributed by atoms with van der Waals surface area (Å²) in [6, 6.07) is 7.37. The number of carbonyl (C=O) groups is 2. The lowest BCUT2D eigenvalue weighted by Crippen LogP contribution is -2.13. The molecule has 0 atom stereocenters. The number of phenols is 1. The molecule has 0 saturated carbocycles. The number of hydrogen-bond donors (Lipinski definition) is 3. The van der Waals surface area contributed by atoms with Crippen molar-refractivity contribution >= 4 is 28.9 Å². The first-order valence-electron chi connectivity index (χ1n) is 5.97. The van der Waals surface area contributed by atoms with Crippen LogP contribution in [0.15, 0.2) is 30.3 Å². The molecule has 0 unspecified atom stereocenters. The Labute approximate surface area is 119 Å². The van der Waals surface area contributed by atoms with Crippen LogP contribution in [0.5, 0.6) is 5.75 Å². The molecule has 6 heteroatoms. The highest BCUT2D eigenvalue weighted by molar-refractivity contribution is 7.14. The zero-order valence-corrected chi connectivity index (χ0v) is 11.5. The van der Waals surface area contributed by atoms with E-state index in [1.54, 1.807) is 6.07 Å². The monoisotopic (exact) mass is 291 g/mol. The highest BCUT2D eigenvalue weighted by Crippen LogP contribution is 2.23. The van der Waals surface area contributed by atoms with Crippen LogP contribution in [0.25, 0.3) is 0 Å². The van der Waals surface area contributed by atoms with Gasteiger partial charge in [-0.3, -0.25) is 4.79 Å². The van der Waals surface area contributed by atoms with Crippen LogP contribution >= 0.6 is 11.3 Å². The standard InChI is InChI=1S/C14H13NO4S/c1-2-9-4-6-12(20-9)13(17)15-11-5-3-8(16)7-10(11)14(18)19/h3-7,16H,2H2,1H3,(H,15,17)(H,18,19). The minimum Gasteiger partial charge on any atom is -0.508 e. The Morgan fingerprint density at radius 2 is 2.00 bits per heavy atom. The maximum absolute atomic E-state index is 12.0. The van der Waals surface area contributed by atoms with Gasteiger partial charge >= 0.3 is 5.97 Å². The Hall–Kier alpha value is -2.34. The Kier molecular flexibility index (Phi) is 4.05. The van der Waals surface area contributed by atoms with Gasteiger partial charge in [-0.2, -0.15) is 0 Å². The molecule has 1 amide bonds. The fourth-order valence-corrected chi connectivity index (χ4v) is 2.53. The second-order valence-corrected chi connectivity index (χ2v) is 5.28. The molecule has 0 bridgehead atoms. The topological polar surface area (TPSA) is 86.6 Å². The number of nitrogens with one attached hydrogen (secondary N) is 1. The quantitative estimate of drug-likeness (QED) is 0.756. The van der Waals surface area contributed by atoms with E-state index in [0.29, 0.717) is 4.88 Å². The molecule has 1 aromatic carbocycles. The minimum absolute atomic E-state index is 0.148. The van der Waals surface area contributed by atoms with Gasteiger partial charge in [0.25, 0.3) is 5.91 Å². The zero-order valence-electron chi connectivity index (χ0n) is 10.7. The summed E-state index contributed by atoms with van der Waals surface area (Å²) in [6.07, 6.45) is 0.845. The van der Waals surface area contributed by atoms with E-state index in [0.717, 1.165) is 17.4 Å². The van der Waals surface area contributed by atoms with Gasteiger partial charge in [0.15, 0.2) is 0 Å². The molecule has 2 rings (SSSR count). The summed E-state index contributed by atoms with van der Waals surface area (Å²) < 4.78 is 0. The number of carboxylic acid groups (broad SMARTS) is 1. The predicted molar refractivity (Wildman–Crippen MR) is 76.7 cm³/mol. The SMILES string of the molecule is CCc1ccc(C(=O)Nc2ccc(O)cc2C(=O)O)s1. The molecular weight excluding hydrogens is 278 g/mol. The van der Waals surface area contributed by atoms with Crippen molar-refractivity contribution in [2.45, 2.75) is 13.3 Å². The van der Waals surface area contributed by atoms with Crippen molar-refractivity contribution in [3.63, 3.8) is 0 Å². The number of anilines is 1. The number of amides is 1. The maximum Gasteiger partial charge on any atom is 0.337 e. The molecule has 1 heterocycles. The largest absolute Gasteiger partial charge is 0.508 e. The second-order valence-electron chi connectivity index (χ2n) is 4.11. The number of carbonyl (C=O) groups excluding carboxylic acids is 1. The lowest BCUT2D eigenvalue weighted by Gasteiger charge is -2.07. The molecule has 1 aromatic heterocycles. The Morgan fingerprint density at radius 3 is 2.60 bits per heavy atom. The van der Waals surface area contributed by atoms with E-state index in [1.165, 1.54) is 23.5 Å². The average Bonchev–Trinajstić information content (AvgIpc) is 2.89. The summed E-state index contributed by atoms with van der Waals surface area (Å²) in [5, 5.41) is 20.9. The van der Waals surface area contributed by atoms with E-state index in [-0.39, 0.29) is 22.9 Å². The van der Waals surface area contributed by atoms with Crippen molar-refractivity contribution < 1.29 is 19.8 Å². The van der Waals surface area contributed by atoms with E-state index < -0.39 is 5.97 Å². The predicted octanol–water partition coefficient (Wildman–Crippen LogP) is 2.97. The molecule has 3 N–H and O–H groups in total. The number of aromatic hydroxyl groups is 1. The summed E-state index contributed by atoms with van der Waals surface area (Å²) in [7, 11) is 0. The van der Waals surface area contributed by atoms with E-state index >= 15 is 0 Å². The summed E-state index contributed by atoms with van der Waals surface area (Å²) in [5.41, 5.74) is 0.0115. The molecule has 0 fully saturated rings. The molecule has 104 valence electrons. The second kappa shape index (κ2) is 5.75. The first-order chi connectivity index (χ1) is 9.51. The van der Waals surface area contributed by atoms with Gasteiger partial charge < -0.3 is 15.5 Å². The van der Waals surface area contributed by atoms with Crippen LogP contribution in [-0.2, 0) is 6.42 Å². The number of carboxylic acids is 1. The summed E-state index contributed by atoms with van der Waals surface area (Å²) in [4.78, 5) is 24.7. The normalized spacial score (nSPS) is 10.2. The van der Waals surface area contributed by atoms with Gasteiger partial charge in [-0.1, -0.05) is 6.92 Å². The van der Waals surface area contributed by atoms with Crippen molar-refractivity contribution in [3.8, 4) is 5.75 Å². The van der Waals surface area contributed by atoms with Crippen molar-refractivity contribution in [1.82, 2.24) is 0 Å². The lowest BCUT2D eigenvalue weighted by molar-refractivity contribution is 0.0697. The van der Waals surface area contributed by atoms with Gasteiger partial charge in [-0.05, 0) is 36.8 Å². The van der Waals surface area contributed by atoms with Crippen LogP contribution in [-0.4, -0.2) is 22.1 Å². The van der Waals surface area contributed by atoms with Crippen LogP contribution in [0.2, 0.25) is 0 Å². The Balaban J connectivity index is 2.25. The smallest absolute Gasteiger partial charge is 0.337 e. The van der Waals surface area contributed by atoms with Crippen molar-refractivity contribution in [2.24, 2.45) is 0 Å². The number of rotatable bonds is 4. The van der Waals surface area contributed by atoms with Crippen LogP contribution < -0.4 is 5.32 Å². The van der Waals surface area contributed by atoms with Crippen LogP contribution in [0.4, 0.5) is 5.69 Å². The van der Waals surface area contributed by atoms with Crippen LogP contribution in [0.1, 0.15) is 31.8 Å². The maximum atomic E-state index is 12.0. The molecule has 2 aromatic rings. The fourth-order valence-electron chi connectivity index (χ4n) is 1.69. The number of phenolic OH excluding ortho intramolecular Hbond substituents is 1. The number of benzene rings is 1. The number of hydrogen-bond acceptors (Lipinski definition) is 4. The van der Waals surface area contributed by atoms with E-state index in [9.17, 15) is 14.7 Å². The van der Waals surface area contributed by atoms with Gasteiger partial charge in [0.05, 0.1) is 16.1 Å². The summed E-state index contributed by atoms with van der Waals surface area (Å²) in [6.45, 7) is 2.00. The number of aryl methyl sites for hydroxylation is 1. The summed E-state index contributed by atoms with van der Waals surface area (Å²) in [5.74, 6) is -1.73. The van der Waals surface area contributed by atoms with Gasteiger partial charge in [0.2, 0.25) is 0 Å². The zero-order chi connectivity index (χ0) is 14.7. The number of thiophene rings is 1. The third-order valence-corrected chi connectivity index (χ3v) is 3.94. The molecule has 5 nitrogen and oxygen atoms in total. The first kappa shape index (κ1) is 14.1. The fraction of sp³-hybridized carbons (Fsp3) is 0.143. The van der Waals surface area contributed by atoms with E-state index in [4.69, 9.17) is 5.11 Å². The average molecular weight is 291 g/mol. The van der Waals surface area contributed by atoms with Gasteiger partial charge in [0.1, 0.15) is 5.75 Å². The molecule has 0 radical (unpaired) electrons. The highest BCUT2D eigenvalue weighted by Gasteiger charge is 2.15. The molecule has 0 aliphatic rings. The Morgan fingerprint density at radius 1 is 1.25 bits per heavy atom. The Bertz CT molecular complexity index is 663. The molecule has 0 spiro atoms. The van der Waals surface area contributed by atoms with Crippen LogP contribution in [0, 0.1) is 0 Å². The van der Waals surface area contributed by atoms with E-state index in [2.05, 4.69) is 5.32 Å². The highest BCUT2D eigenvalue weighted by atomic mass is 32.1. The third kappa shape index (κ3) is 2.97. The third-order valence-electron chi connectivity index (χ3n) is 2.72. The van der Waals surface area contributed by atoms with Gasteiger partial charge in [-0.25, -0.2) is 4.79 Å². The lowest BCUT2D eigenvalue weighted by atomic mass is 10.1. The molecule has 0 aliphatic heterocycles. The first-order valence-corrected chi connectivity index (χ1v) is 6.79. The molecule has 0 saturated heterocycles.